The summed E-state index contributed by atoms with van der Waals surface area (Å²) >= 11 is 0. The SMILES string of the molecule is Cc1ccc(F)c(CCCCN)c1. The minimum Gasteiger partial charge on any atom is -0.330 e. The van der Waals surface area contributed by atoms with Crippen LogP contribution in [0.3, 0.4) is 0 Å². The van der Waals surface area contributed by atoms with Gasteiger partial charge < -0.3 is 5.73 Å². The third-order valence-electron chi connectivity index (χ3n) is 2.10. The molecule has 0 heterocycles. The molecule has 0 aliphatic heterocycles. The fraction of sp³-hybridized carbons (Fsp3) is 0.455. The van der Waals surface area contributed by atoms with Gasteiger partial charge in [0.25, 0.3) is 0 Å². The van der Waals surface area contributed by atoms with Crippen LogP contribution in [0, 0.1) is 12.7 Å². The molecule has 1 aromatic rings. The zero-order valence-electron chi connectivity index (χ0n) is 8.02. The minimum absolute atomic E-state index is 0.0948. The number of halogens is 1. The van der Waals surface area contributed by atoms with Gasteiger partial charge >= 0.3 is 0 Å². The number of hydrogen-bond donors (Lipinski definition) is 1. The summed E-state index contributed by atoms with van der Waals surface area (Å²) in [5, 5.41) is 0. The molecule has 0 aliphatic carbocycles. The molecule has 0 unspecified atom stereocenters. The van der Waals surface area contributed by atoms with Crippen molar-refractivity contribution in [2.45, 2.75) is 26.2 Å². The standard InChI is InChI=1S/C11H16FN/c1-9-5-6-11(12)10(8-9)4-2-3-7-13/h5-6,8H,2-4,7,13H2,1H3. The molecule has 13 heavy (non-hydrogen) atoms. The molecular formula is C11H16FN. The monoisotopic (exact) mass is 181 g/mol. The van der Waals surface area contributed by atoms with Crippen LogP contribution in [0.1, 0.15) is 24.0 Å². The molecule has 0 saturated carbocycles. The van der Waals surface area contributed by atoms with Gasteiger partial charge in [0.05, 0.1) is 0 Å². The summed E-state index contributed by atoms with van der Waals surface area (Å²) in [5.41, 5.74) is 7.30. The number of hydrogen-bond acceptors (Lipinski definition) is 1. The van der Waals surface area contributed by atoms with E-state index in [0.29, 0.717) is 6.54 Å². The van der Waals surface area contributed by atoms with Gasteiger partial charge in [0, 0.05) is 0 Å². The molecule has 0 spiro atoms. The molecule has 2 N–H and O–H groups in total. The fourth-order valence-electron chi connectivity index (χ4n) is 1.35. The molecule has 0 atom stereocenters. The van der Waals surface area contributed by atoms with Gasteiger partial charge in [0.1, 0.15) is 5.82 Å². The maximum atomic E-state index is 13.2. The van der Waals surface area contributed by atoms with Crippen LogP contribution in [0.2, 0.25) is 0 Å². The molecule has 0 amide bonds. The van der Waals surface area contributed by atoms with Gasteiger partial charge in [-0.15, -0.1) is 0 Å². The third kappa shape index (κ3) is 3.15. The highest BCUT2D eigenvalue weighted by atomic mass is 19.1. The molecule has 0 radical (unpaired) electrons. The molecule has 0 aromatic heterocycles. The van der Waals surface area contributed by atoms with Crippen LogP contribution < -0.4 is 5.73 Å². The van der Waals surface area contributed by atoms with Crippen molar-refractivity contribution in [2.75, 3.05) is 6.54 Å². The lowest BCUT2D eigenvalue weighted by Gasteiger charge is -2.03. The van der Waals surface area contributed by atoms with Crippen molar-refractivity contribution in [3.05, 3.63) is 35.1 Å². The van der Waals surface area contributed by atoms with E-state index in [-0.39, 0.29) is 5.82 Å². The summed E-state index contributed by atoms with van der Waals surface area (Å²) in [6.45, 7) is 2.67. The lowest BCUT2D eigenvalue weighted by molar-refractivity contribution is 0.600. The summed E-state index contributed by atoms with van der Waals surface area (Å²) in [5.74, 6) is -0.0948. The predicted molar refractivity (Wildman–Crippen MR) is 53.1 cm³/mol. The first-order valence-electron chi connectivity index (χ1n) is 4.69. The Balaban J connectivity index is 2.59. The van der Waals surface area contributed by atoms with Crippen LogP contribution >= 0.6 is 0 Å². The second kappa shape index (κ2) is 4.97. The Kier molecular flexibility index (Phi) is 3.90. The van der Waals surface area contributed by atoms with Crippen LogP contribution in [-0.2, 0) is 6.42 Å². The summed E-state index contributed by atoms with van der Waals surface area (Å²) in [7, 11) is 0. The molecule has 0 saturated heterocycles. The second-order valence-corrected chi connectivity index (χ2v) is 3.34. The molecule has 2 heteroatoms. The largest absolute Gasteiger partial charge is 0.330 e. The molecule has 72 valence electrons. The van der Waals surface area contributed by atoms with Crippen molar-refractivity contribution >= 4 is 0 Å². The van der Waals surface area contributed by atoms with E-state index in [0.717, 1.165) is 30.4 Å². The van der Waals surface area contributed by atoms with Gasteiger partial charge in [0.15, 0.2) is 0 Å². The zero-order chi connectivity index (χ0) is 9.68. The Labute approximate surface area is 78.8 Å². The van der Waals surface area contributed by atoms with Crippen molar-refractivity contribution in [3.8, 4) is 0 Å². The number of rotatable bonds is 4. The van der Waals surface area contributed by atoms with Crippen molar-refractivity contribution in [1.29, 1.82) is 0 Å². The van der Waals surface area contributed by atoms with E-state index >= 15 is 0 Å². The Morgan fingerprint density at radius 2 is 2.08 bits per heavy atom. The van der Waals surface area contributed by atoms with Gasteiger partial charge in [-0.3, -0.25) is 0 Å². The molecule has 1 aromatic carbocycles. The van der Waals surface area contributed by atoms with Crippen molar-refractivity contribution in [1.82, 2.24) is 0 Å². The third-order valence-corrected chi connectivity index (χ3v) is 2.10. The Morgan fingerprint density at radius 1 is 1.31 bits per heavy atom. The Morgan fingerprint density at radius 3 is 2.77 bits per heavy atom. The van der Waals surface area contributed by atoms with Crippen LogP contribution in [0.5, 0.6) is 0 Å². The lowest BCUT2D eigenvalue weighted by atomic mass is 10.1. The molecule has 0 fully saturated rings. The van der Waals surface area contributed by atoms with E-state index in [1.54, 1.807) is 6.07 Å². The number of aryl methyl sites for hydroxylation is 2. The van der Waals surface area contributed by atoms with Gasteiger partial charge in [-0.05, 0) is 44.4 Å². The first kappa shape index (κ1) is 10.2. The van der Waals surface area contributed by atoms with Gasteiger partial charge in [-0.1, -0.05) is 17.7 Å². The maximum absolute atomic E-state index is 13.2. The van der Waals surface area contributed by atoms with E-state index < -0.39 is 0 Å². The fourth-order valence-corrected chi connectivity index (χ4v) is 1.35. The Bertz CT molecular complexity index is 271. The first-order valence-corrected chi connectivity index (χ1v) is 4.69. The summed E-state index contributed by atoms with van der Waals surface area (Å²) in [6, 6.07) is 5.24. The topological polar surface area (TPSA) is 26.0 Å². The molecule has 1 nitrogen and oxygen atoms in total. The highest BCUT2D eigenvalue weighted by Gasteiger charge is 2.00. The van der Waals surface area contributed by atoms with E-state index in [1.165, 1.54) is 6.07 Å². The van der Waals surface area contributed by atoms with Gasteiger partial charge in [-0.25, -0.2) is 4.39 Å². The minimum atomic E-state index is -0.0948. The van der Waals surface area contributed by atoms with E-state index in [2.05, 4.69) is 0 Å². The summed E-state index contributed by atoms with van der Waals surface area (Å²) in [6.07, 6.45) is 2.73. The smallest absolute Gasteiger partial charge is 0.126 e. The second-order valence-electron chi connectivity index (χ2n) is 3.34. The predicted octanol–water partition coefficient (Wildman–Crippen LogP) is 2.42. The van der Waals surface area contributed by atoms with Gasteiger partial charge in [-0.2, -0.15) is 0 Å². The molecular weight excluding hydrogens is 165 g/mol. The van der Waals surface area contributed by atoms with Gasteiger partial charge in [0.2, 0.25) is 0 Å². The molecule has 0 aliphatic rings. The highest BCUT2D eigenvalue weighted by molar-refractivity contribution is 5.24. The zero-order valence-corrected chi connectivity index (χ0v) is 8.02. The van der Waals surface area contributed by atoms with Crippen LogP contribution in [0.15, 0.2) is 18.2 Å². The number of benzene rings is 1. The average Bonchev–Trinajstić information content (AvgIpc) is 2.11. The maximum Gasteiger partial charge on any atom is 0.126 e. The molecule has 0 bridgehead atoms. The number of unbranched alkanes of at least 4 members (excludes halogenated alkanes) is 1. The molecule has 1 rings (SSSR count). The lowest BCUT2D eigenvalue weighted by Crippen LogP contribution is -2.00. The van der Waals surface area contributed by atoms with Crippen molar-refractivity contribution < 1.29 is 4.39 Å². The quantitative estimate of drug-likeness (QED) is 0.709. The van der Waals surface area contributed by atoms with E-state index in [9.17, 15) is 4.39 Å². The normalized spacial score (nSPS) is 10.4. The Hall–Kier alpha value is -0.890. The van der Waals surface area contributed by atoms with Crippen LogP contribution in [0.25, 0.3) is 0 Å². The first-order chi connectivity index (χ1) is 6.24. The van der Waals surface area contributed by atoms with E-state index in [1.807, 2.05) is 13.0 Å². The summed E-state index contributed by atoms with van der Waals surface area (Å²) in [4.78, 5) is 0. The van der Waals surface area contributed by atoms with Crippen LogP contribution in [0.4, 0.5) is 4.39 Å². The average molecular weight is 181 g/mol. The summed E-state index contributed by atoms with van der Waals surface area (Å²) < 4.78 is 13.2. The number of nitrogens with two attached hydrogens (primary N) is 1. The van der Waals surface area contributed by atoms with Crippen molar-refractivity contribution in [3.63, 3.8) is 0 Å². The van der Waals surface area contributed by atoms with Crippen LogP contribution in [-0.4, -0.2) is 6.54 Å². The van der Waals surface area contributed by atoms with Crippen molar-refractivity contribution in [2.24, 2.45) is 5.73 Å². The van der Waals surface area contributed by atoms with E-state index in [4.69, 9.17) is 5.73 Å². The highest BCUT2D eigenvalue weighted by Crippen LogP contribution is 2.12.